The van der Waals surface area contributed by atoms with E-state index < -0.39 is 0 Å². The highest BCUT2D eigenvalue weighted by Gasteiger charge is 2.07. The zero-order valence-electron chi connectivity index (χ0n) is 13.6. The van der Waals surface area contributed by atoms with Gasteiger partial charge in [0, 0.05) is 12.8 Å². The van der Waals surface area contributed by atoms with Crippen LogP contribution in [0.25, 0.3) is 0 Å². The largest absolute Gasteiger partial charge is 1.00 e. The molecule has 2 rings (SSSR count). The van der Waals surface area contributed by atoms with Crippen LogP contribution in [0.3, 0.4) is 0 Å². The van der Waals surface area contributed by atoms with Crippen LogP contribution in [-0.2, 0) is 26.2 Å². The van der Waals surface area contributed by atoms with Crippen molar-refractivity contribution in [3.8, 4) is 12.1 Å². The Kier molecular flexibility index (Phi) is 11.9. The summed E-state index contributed by atoms with van der Waals surface area (Å²) in [4.78, 5) is 0. The van der Waals surface area contributed by atoms with Crippen molar-refractivity contribution in [2.75, 3.05) is 0 Å². The molecule has 0 saturated heterocycles. The quantitative estimate of drug-likeness (QED) is 0.280. The lowest BCUT2D eigenvalue weighted by Crippen LogP contribution is -3.00. The molecule has 130 valence electrons. The highest BCUT2D eigenvalue weighted by Crippen LogP contribution is 1.93. The van der Waals surface area contributed by atoms with E-state index in [1.54, 1.807) is 0 Å². The van der Waals surface area contributed by atoms with E-state index in [1.807, 2.05) is 0 Å². The summed E-state index contributed by atoms with van der Waals surface area (Å²) in [6, 6.07) is 4.34. The first kappa shape index (κ1) is 22.4. The third kappa shape index (κ3) is 7.76. The molecule has 8 heteroatoms. The lowest BCUT2D eigenvalue weighted by molar-refractivity contribution is -0.697. The number of hydrogen-bond donors (Lipinski definition) is 0. The summed E-state index contributed by atoms with van der Waals surface area (Å²) in [5.41, 5.74) is 0. The third-order valence-corrected chi connectivity index (χ3v) is 3.52. The fraction of sp³-hybridized carbons (Fsp3) is 0.500. The minimum atomic E-state index is 0. The minimum absolute atomic E-state index is 0. The van der Waals surface area contributed by atoms with Crippen molar-refractivity contribution in [3.05, 3.63) is 37.4 Å². The summed E-state index contributed by atoms with van der Waals surface area (Å²) in [7, 11) is 0. The molecule has 0 aliphatic rings. The molecule has 0 unspecified atom stereocenters. The Morgan fingerprint density at radius 1 is 0.750 bits per heavy atom. The number of nitriles is 2. The number of nitrogens with zero attached hydrogens (tertiary/aromatic N) is 6. The van der Waals surface area contributed by atoms with E-state index in [1.165, 1.54) is 0 Å². The van der Waals surface area contributed by atoms with Gasteiger partial charge in [0.15, 0.2) is 0 Å². The van der Waals surface area contributed by atoms with Crippen molar-refractivity contribution in [1.29, 1.82) is 10.5 Å². The maximum Gasteiger partial charge on any atom is 0.243 e. The predicted octanol–water partition coefficient (Wildman–Crippen LogP) is -4.82. The number of rotatable bonds is 9. The topological polar surface area (TPSA) is 65.2 Å². The Morgan fingerprint density at radius 3 is 1.54 bits per heavy atom. The third-order valence-electron chi connectivity index (χ3n) is 3.52. The Balaban J connectivity index is 0.00000264. The summed E-state index contributed by atoms with van der Waals surface area (Å²) >= 11 is 0. The summed E-state index contributed by atoms with van der Waals surface area (Å²) in [5, 5.41) is 17.1. The zero-order valence-corrected chi connectivity index (χ0v) is 16.7. The van der Waals surface area contributed by atoms with Crippen LogP contribution in [0.1, 0.15) is 25.7 Å². The average Bonchev–Trinajstić information content (AvgIpc) is 3.15. The lowest BCUT2D eigenvalue weighted by atomic mass is 10.3. The molecule has 2 aromatic heterocycles. The van der Waals surface area contributed by atoms with Gasteiger partial charge < -0.3 is 34.0 Å². The summed E-state index contributed by atoms with van der Waals surface area (Å²) in [5.74, 6) is 0. The molecule has 0 amide bonds. The molecule has 0 saturated carbocycles. The number of aryl methyl sites for hydroxylation is 4. The molecule has 2 aromatic rings. The van der Waals surface area contributed by atoms with Crippen LogP contribution in [0.4, 0.5) is 0 Å². The number of aromatic nitrogens is 4. The van der Waals surface area contributed by atoms with Gasteiger partial charge in [0.25, 0.3) is 0 Å². The Hall–Kier alpha value is -1.64. The fourth-order valence-electron chi connectivity index (χ4n) is 2.32. The molecule has 24 heavy (non-hydrogen) atoms. The van der Waals surface area contributed by atoms with E-state index in [-0.39, 0.29) is 34.0 Å². The standard InChI is InChI=1S/C16H22N6.2BrH/c17-5-1-3-7-19-9-11-21(15-19)13-14-22-12-10-20(16-22)8-4-2-6-18;;/h9-12,15-16H,1-4,7-8,13-14H2;2*1H/q+2;;/p-2. The molecule has 0 bridgehead atoms. The van der Waals surface area contributed by atoms with Gasteiger partial charge in [-0.05, 0) is 12.8 Å². The van der Waals surface area contributed by atoms with E-state index in [2.05, 4.69) is 67.8 Å². The highest BCUT2D eigenvalue weighted by atomic mass is 79.9. The lowest BCUT2D eigenvalue weighted by Gasteiger charge is -1.95. The van der Waals surface area contributed by atoms with Gasteiger partial charge >= 0.3 is 0 Å². The van der Waals surface area contributed by atoms with Gasteiger partial charge in [-0.3, -0.25) is 0 Å². The first-order chi connectivity index (χ1) is 10.8. The van der Waals surface area contributed by atoms with E-state index >= 15 is 0 Å². The number of hydrogen-bond acceptors (Lipinski definition) is 2. The van der Waals surface area contributed by atoms with Crippen molar-refractivity contribution in [1.82, 2.24) is 9.13 Å². The maximum absolute atomic E-state index is 8.54. The predicted molar refractivity (Wildman–Crippen MR) is 78.9 cm³/mol. The fourth-order valence-corrected chi connectivity index (χ4v) is 2.32. The van der Waals surface area contributed by atoms with Crippen molar-refractivity contribution in [3.63, 3.8) is 0 Å². The second-order valence-corrected chi connectivity index (χ2v) is 5.30. The van der Waals surface area contributed by atoms with Crippen LogP contribution in [0, 0.1) is 22.7 Å². The first-order valence-electron chi connectivity index (χ1n) is 7.65. The second kappa shape index (κ2) is 12.7. The smallest absolute Gasteiger partial charge is 0.243 e. The van der Waals surface area contributed by atoms with Gasteiger partial charge in [0.2, 0.25) is 12.7 Å². The number of imidazole rings is 2. The molecule has 0 aromatic carbocycles. The van der Waals surface area contributed by atoms with Crippen LogP contribution in [0.15, 0.2) is 37.4 Å². The molecule has 0 radical (unpaired) electrons. The molecule has 2 heterocycles. The summed E-state index contributed by atoms with van der Waals surface area (Å²) < 4.78 is 8.56. The molecule has 0 aliphatic carbocycles. The van der Waals surface area contributed by atoms with Crippen LogP contribution < -0.4 is 43.1 Å². The van der Waals surface area contributed by atoms with Crippen molar-refractivity contribution < 1.29 is 43.1 Å². The second-order valence-electron chi connectivity index (χ2n) is 5.30. The van der Waals surface area contributed by atoms with E-state index in [9.17, 15) is 0 Å². The molecular weight excluding hydrogens is 436 g/mol. The van der Waals surface area contributed by atoms with Gasteiger partial charge in [-0.15, -0.1) is 0 Å². The Bertz CT molecular complexity index is 606. The molecule has 0 aliphatic heterocycles. The van der Waals surface area contributed by atoms with Crippen molar-refractivity contribution >= 4 is 0 Å². The van der Waals surface area contributed by atoms with Crippen LogP contribution >= 0.6 is 0 Å². The van der Waals surface area contributed by atoms with Crippen molar-refractivity contribution in [2.24, 2.45) is 0 Å². The van der Waals surface area contributed by atoms with Gasteiger partial charge in [0.1, 0.15) is 37.9 Å². The van der Waals surface area contributed by atoms with Gasteiger partial charge in [-0.2, -0.15) is 10.5 Å². The summed E-state index contributed by atoms with van der Waals surface area (Å²) in [6.07, 6.45) is 15.4. The van der Waals surface area contributed by atoms with Crippen LogP contribution in [-0.4, -0.2) is 9.13 Å². The van der Waals surface area contributed by atoms with E-state index in [0.29, 0.717) is 12.8 Å². The Labute approximate surface area is 164 Å². The van der Waals surface area contributed by atoms with Crippen LogP contribution in [0.2, 0.25) is 0 Å². The molecule has 6 nitrogen and oxygen atoms in total. The van der Waals surface area contributed by atoms with Crippen LogP contribution in [0.5, 0.6) is 0 Å². The normalized spacial score (nSPS) is 9.42. The highest BCUT2D eigenvalue weighted by molar-refractivity contribution is 4.71. The average molecular weight is 458 g/mol. The maximum atomic E-state index is 8.54. The zero-order chi connectivity index (χ0) is 15.6. The SMILES string of the molecule is N#CCCC[n+]1ccn(CCn2cc[n+](CCCC#N)c2)c1.[Br-].[Br-]. The van der Waals surface area contributed by atoms with Gasteiger partial charge in [-0.25, -0.2) is 18.3 Å². The molecule has 0 spiro atoms. The first-order valence-corrected chi connectivity index (χ1v) is 7.65. The molecule has 0 atom stereocenters. The van der Waals surface area contributed by atoms with E-state index in [0.717, 1.165) is 39.0 Å². The monoisotopic (exact) mass is 456 g/mol. The molecule has 0 fully saturated rings. The summed E-state index contributed by atoms with van der Waals surface area (Å²) in [6.45, 7) is 3.61. The number of unbranched alkanes of at least 4 members (excludes halogenated alkanes) is 2. The molecular formula is C16H22Br2N6. The Morgan fingerprint density at radius 2 is 1.17 bits per heavy atom. The van der Waals surface area contributed by atoms with Gasteiger partial charge in [-0.1, -0.05) is 0 Å². The minimum Gasteiger partial charge on any atom is -1.00 e. The van der Waals surface area contributed by atoms with Crippen molar-refractivity contribution in [2.45, 2.75) is 51.9 Å². The number of halogens is 2. The molecule has 0 N–H and O–H groups in total. The van der Waals surface area contributed by atoms with Gasteiger partial charge in [0.05, 0.1) is 25.2 Å². The van der Waals surface area contributed by atoms with E-state index in [4.69, 9.17) is 10.5 Å².